The SMILES string of the molecule is CCOCc1nc2c(NC(=O)OCc3ccc(NC(=O)[C@H](CC(N)=O)NC(=O)[C@H](C)NC(=O)[C@H](C)NC(=O)CCCCCN4C(=O)C=CC4=O)cc3)nc3ccccc3c2n1CC(C)(C)O. The number of pyridine rings is 1. The Balaban J connectivity index is 1.11. The van der Waals surface area contributed by atoms with E-state index in [1.807, 2.05) is 29.7 Å². The van der Waals surface area contributed by atoms with Crippen LogP contribution in [-0.2, 0) is 62.8 Å². The van der Waals surface area contributed by atoms with Crippen molar-refractivity contribution in [3.63, 3.8) is 0 Å². The number of imide groups is 1. The second-order valence-corrected chi connectivity index (χ2v) is 16.3. The number of hydrogen-bond donors (Lipinski definition) is 7. The number of rotatable bonds is 23. The van der Waals surface area contributed by atoms with E-state index in [1.165, 1.54) is 38.1 Å². The molecule has 3 heterocycles. The molecule has 0 bridgehead atoms. The number of ether oxygens (including phenoxy) is 2. The van der Waals surface area contributed by atoms with Crippen molar-refractivity contribution in [1.82, 2.24) is 35.4 Å². The summed E-state index contributed by atoms with van der Waals surface area (Å²) in [6.07, 6.45) is 2.67. The second-order valence-electron chi connectivity index (χ2n) is 16.3. The molecule has 0 radical (unpaired) electrons. The van der Waals surface area contributed by atoms with Gasteiger partial charge < -0.3 is 46.1 Å². The maximum atomic E-state index is 13.3. The van der Waals surface area contributed by atoms with Crippen LogP contribution in [0.25, 0.3) is 21.9 Å². The monoisotopic (exact) mass is 912 g/mol. The number of primary amides is 1. The van der Waals surface area contributed by atoms with Gasteiger partial charge in [-0.25, -0.2) is 14.8 Å². The lowest BCUT2D eigenvalue weighted by Crippen LogP contribution is -2.55. The van der Waals surface area contributed by atoms with Crippen molar-refractivity contribution in [2.45, 2.75) is 110 Å². The number of hydrogen-bond acceptors (Lipinski definition) is 13. The number of benzene rings is 2. The first-order valence-corrected chi connectivity index (χ1v) is 21.5. The van der Waals surface area contributed by atoms with Gasteiger partial charge >= 0.3 is 6.09 Å². The number of carbonyl (C=O) groups excluding carboxylic acids is 8. The lowest BCUT2D eigenvalue weighted by Gasteiger charge is -2.22. The lowest BCUT2D eigenvalue weighted by molar-refractivity contribution is -0.137. The molecular formula is C45H56N10O11. The highest BCUT2D eigenvalue weighted by Gasteiger charge is 2.28. The van der Waals surface area contributed by atoms with E-state index in [4.69, 9.17) is 20.2 Å². The number of nitrogens with two attached hydrogens (primary N) is 1. The quantitative estimate of drug-likeness (QED) is 0.0416. The minimum Gasteiger partial charge on any atom is -0.444 e. The van der Waals surface area contributed by atoms with Crippen molar-refractivity contribution in [2.75, 3.05) is 23.8 Å². The summed E-state index contributed by atoms with van der Waals surface area (Å²) in [4.78, 5) is 110. The van der Waals surface area contributed by atoms with Crippen molar-refractivity contribution in [3.8, 4) is 0 Å². The molecule has 0 fully saturated rings. The highest BCUT2D eigenvalue weighted by molar-refractivity contribution is 6.13. The van der Waals surface area contributed by atoms with Crippen LogP contribution in [0.15, 0.2) is 60.7 Å². The lowest BCUT2D eigenvalue weighted by atomic mass is 10.1. The van der Waals surface area contributed by atoms with Crippen LogP contribution in [-0.4, -0.2) is 109 Å². The van der Waals surface area contributed by atoms with E-state index >= 15 is 0 Å². The van der Waals surface area contributed by atoms with Crippen LogP contribution in [0.5, 0.6) is 0 Å². The third-order valence-electron chi connectivity index (χ3n) is 10.2. The van der Waals surface area contributed by atoms with E-state index in [0.29, 0.717) is 53.8 Å². The van der Waals surface area contributed by atoms with Gasteiger partial charge in [-0.2, -0.15) is 0 Å². The number of fused-ring (bicyclic) bond motifs is 3. The fraction of sp³-hybridized carbons (Fsp3) is 0.422. The summed E-state index contributed by atoms with van der Waals surface area (Å²) in [6.45, 7) is 8.91. The fourth-order valence-corrected chi connectivity index (χ4v) is 6.90. The van der Waals surface area contributed by atoms with Crippen LogP contribution in [0, 0.1) is 0 Å². The Hall–Kier alpha value is -7.26. The van der Waals surface area contributed by atoms with Gasteiger partial charge in [0.2, 0.25) is 29.5 Å². The van der Waals surface area contributed by atoms with Crippen LogP contribution < -0.4 is 32.3 Å². The number of nitrogens with zero attached hydrogens (tertiary/aromatic N) is 4. The molecule has 0 spiro atoms. The van der Waals surface area contributed by atoms with E-state index in [2.05, 4.69) is 31.6 Å². The molecule has 0 saturated heterocycles. The smallest absolute Gasteiger partial charge is 0.413 e. The Morgan fingerprint density at radius 1 is 0.818 bits per heavy atom. The van der Waals surface area contributed by atoms with Gasteiger partial charge in [-0.1, -0.05) is 36.8 Å². The first kappa shape index (κ1) is 49.8. The van der Waals surface area contributed by atoms with Crippen LogP contribution >= 0.6 is 0 Å². The van der Waals surface area contributed by atoms with Crippen molar-refractivity contribution >= 4 is 80.9 Å². The molecule has 3 atom stereocenters. The maximum absolute atomic E-state index is 13.3. The fourth-order valence-electron chi connectivity index (χ4n) is 6.90. The number of nitrogens with one attached hydrogen (secondary N) is 5. The number of amides is 8. The predicted molar refractivity (Wildman–Crippen MR) is 241 cm³/mol. The van der Waals surface area contributed by atoms with E-state index in [-0.39, 0.29) is 56.0 Å². The maximum Gasteiger partial charge on any atom is 0.413 e. The number of para-hydroxylation sites is 1. The Morgan fingerprint density at radius 3 is 2.15 bits per heavy atom. The highest BCUT2D eigenvalue weighted by atomic mass is 16.5. The van der Waals surface area contributed by atoms with Crippen LogP contribution in [0.2, 0.25) is 0 Å². The molecule has 21 nitrogen and oxygen atoms in total. The summed E-state index contributed by atoms with van der Waals surface area (Å²) < 4.78 is 13.0. The Bertz CT molecular complexity index is 2480. The molecule has 0 aliphatic carbocycles. The van der Waals surface area contributed by atoms with Gasteiger partial charge in [0.15, 0.2) is 5.82 Å². The van der Waals surface area contributed by atoms with Crippen molar-refractivity contribution < 1.29 is 52.9 Å². The summed E-state index contributed by atoms with van der Waals surface area (Å²) in [5.41, 5.74) is 6.74. The van der Waals surface area contributed by atoms with Crippen LogP contribution in [0.4, 0.5) is 16.3 Å². The molecule has 1 aliphatic rings. The molecule has 8 N–H and O–H groups in total. The number of imidazole rings is 1. The third kappa shape index (κ3) is 13.9. The van der Waals surface area contributed by atoms with Gasteiger partial charge in [-0.15, -0.1) is 0 Å². The first-order chi connectivity index (χ1) is 31.3. The van der Waals surface area contributed by atoms with Gasteiger partial charge in [0, 0.05) is 42.8 Å². The van der Waals surface area contributed by atoms with Gasteiger partial charge in [0.1, 0.15) is 42.7 Å². The molecule has 352 valence electrons. The predicted octanol–water partition coefficient (Wildman–Crippen LogP) is 2.43. The van der Waals surface area contributed by atoms with Crippen LogP contribution in [0.3, 0.4) is 0 Å². The summed E-state index contributed by atoms with van der Waals surface area (Å²) in [6, 6.07) is 9.98. The van der Waals surface area contributed by atoms with Crippen LogP contribution in [0.1, 0.15) is 78.1 Å². The number of anilines is 2. The summed E-state index contributed by atoms with van der Waals surface area (Å²) in [5.74, 6) is -3.58. The number of aliphatic hydroxyl groups is 1. The minimum atomic E-state index is -1.41. The molecule has 2 aromatic carbocycles. The van der Waals surface area contributed by atoms with E-state index < -0.39 is 65.8 Å². The summed E-state index contributed by atoms with van der Waals surface area (Å²) in [7, 11) is 0. The largest absolute Gasteiger partial charge is 0.444 e. The molecule has 0 saturated carbocycles. The molecular weight excluding hydrogens is 857 g/mol. The molecule has 4 aromatic rings. The van der Waals surface area contributed by atoms with Gasteiger partial charge in [-0.05, 0) is 71.2 Å². The normalized spacial score (nSPS) is 13.9. The van der Waals surface area contributed by atoms with E-state index in [1.54, 1.807) is 32.0 Å². The molecule has 1 aliphatic heterocycles. The molecule has 8 amide bonds. The summed E-state index contributed by atoms with van der Waals surface area (Å²) >= 11 is 0. The van der Waals surface area contributed by atoms with Crippen molar-refractivity contribution in [1.29, 1.82) is 0 Å². The number of unbranched alkanes of at least 4 members (excludes halogenated alkanes) is 2. The minimum absolute atomic E-state index is 0.0937. The summed E-state index contributed by atoms with van der Waals surface area (Å²) in [5, 5.41) is 24.3. The zero-order valence-electron chi connectivity index (χ0n) is 37.5. The third-order valence-corrected chi connectivity index (χ3v) is 10.2. The van der Waals surface area contributed by atoms with E-state index in [9.17, 15) is 43.5 Å². The molecule has 2 aromatic heterocycles. The second kappa shape index (κ2) is 22.6. The Labute approximate surface area is 380 Å². The zero-order valence-corrected chi connectivity index (χ0v) is 37.5. The topological polar surface area (TPSA) is 295 Å². The van der Waals surface area contributed by atoms with Gasteiger partial charge in [0.25, 0.3) is 11.8 Å². The zero-order chi connectivity index (χ0) is 48.1. The standard InChI is InChI=1S/C45H56N10O11/c1-6-65-24-34-52-38-39(55(34)25-45(4,5)64)30-12-9-10-13-31(30)50-40(38)53-44(63)66-23-28-15-17-29(18-16-28)49-43(62)32(22-33(46)56)51-42(61)27(3)48-41(60)26(2)47-35(57)14-8-7-11-21-54-36(58)19-20-37(54)59/h9-10,12-13,15-20,26-27,32,64H,6-8,11,14,21-25H2,1-5H3,(H2,46,56)(H,47,57)(H,48,60)(H,49,62)(H,51,61)(H,50,53,63)/t26-,27-,32-/m0/s1. The molecule has 66 heavy (non-hydrogen) atoms. The number of aromatic nitrogens is 3. The Morgan fingerprint density at radius 2 is 1.48 bits per heavy atom. The van der Waals surface area contributed by atoms with Crippen molar-refractivity contribution in [2.24, 2.45) is 5.73 Å². The Kier molecular flexibility index (Phi) is 17.0. The van der Waals surface area contributed by atoms with Gasteiger partial charge in [0.05, 0.1) is 29.6 Å². The average molecular weight is 913 g/mol. The van der Waals surface area contributed by atoms with E-state index in [0.717, 1.165) is 10.3 Å². The van der Waals surface area contributed by atoms with Crippen molar-refractivity contribution in [3.05, 3.63) is 72.1 Å². The molecule has 5 rings (SSSR count). The average Bonchev–Trinajstić information content (AvgIpc) is 3.78. The number of carbonyl (C=O) groups is 8. The molecule has 21 heteroatoms. The molecule has 0 unspecified atom stereocenters. The highest BCUT2D eigenvalue weighted by Crippen LogP contribution is 2.32. The van der Waals surface area contributed by atoms with Gasteiger partial charge in [-0.3, -0.25) is 43.8 Å². The first-order valence-electron chi connectivity index (χ1n) is 21.5.